The summed E-state index contributed by atoms with van der Waals surface area (Å²) in [7, 11) is 0. The normalized spacial score (nSPS) is 18.9. The van der Waals surface area contributed by atoms with Gasteiger partial charge in [-0.05, 0) is 30.3 Å². The van der Waals surface area contributed by atoms with Crippen LogP contribution in [0.2, 0.25) is 5.02 Å². The lowest BCUT2D eigenvalue weighted by molar-refractivity contribution is -0.394. The summed E-state index contributed by atoms with van der Waals surface area (Å²) in [5.74, 6) is -0.329. The average molecular weight is 349 g/mol. The van der Waals surface area contributed by atoms with Crippen LogP contribution in [0.3, 0.4) is 0 Å². The van der Waals surface area contributed by atoms with Crippen molar-refractivity contribution in [2.24, 2.45) is 0 Å². The number of Topliss-reactive ketones (excluding diaryl/α,β-unsaturated/α-hetero) is 1. The molecule has 0 bridgehead atoms. The lowest BCUT2D eigenvalue weighted by Crippen LogP contribution is -2.08. The molecular weight excluding hydrogens is 340 g/mol. The number of halogens is 1. The Balaban J connectivity index is 1.86. The van der Waals surface area contributed by atoms with E-state index >= 15 is 0 Å². The minimum Gasteiger partial charge on any atom is -0.355 e. The van der Waals surface area contributed by atoms with E-state index in [-0.39, 0.29) is 11.3 Å². The van der Waals surface area contributed by atoms with Crippen molar-refractivity contribution < 1.29 is 19.4 Å². The molecule has 0 amide bonds. The number of ketones is 1. The first kappa shape index (κ1) is 16.0. The molecule has 0 saturated carbocycles. The van der Waals surface area contributed by atoms with Crippen LogP contribution in [0.1, 0.15) is 22.0 Å². The highest BCUT2D eigenvalue weighted by Gasteiger charge is 2.49. The third kappa shape index (κ3) is 2.97. The summed E-state index contributed by atoms with van der Waals surface area (Å²) in [5.41, 5.74) is -0.332. The fourth-order valence-corrected chi connectivity index (χ4v) is 2.50. The van der Waals surface area contributed by atoms with Gasteiger partial charge in [0.2, 0.25) is 0 Å². The number of nitro groups is 2. The predicted octanol–water partition coefficient (Wildman–Crippen LogP) is 3.48. The van der Waals surface area contributed by atoms with Crippen LogP contribution >= 0.6 is 11.6 Å². The van der Waals surface area contributed by atoms with Crippen LogP contribution in [-0.2, 0) is 4.74 Å². The van der Waals surface area contributed by atoms with E-state index in [1.165, 1.54) is 18.2 Å². The molecule has 3 rings (SSSR count). The van der Waals surface area contributed by atoms with Crippen molar-refractivity contribution in [2.45, 2.75) is 12.2 Å². The molecule has 0 aliphatic carbocycles. The molecule has 1 aliphatic rings. The number of carbonyl (C=O) groups excluding carboxylic acids is 1. The number of nitro benzene ring substituents is 2. The second-order valence-electron chi connectivity index (χ2n) is 5.11. The van der Waals surface area contributed by atoms with Crippen LogP contribution in [0.25, 0.3) is 0 Å². The van der Waals surface area contributed by atoms with E-state index in [1.54, 1.807) is 12.1 Å². The molecule has 1 aliphatic heterocycles. The molecule has 0 radical (unpaired) electrons. The molecule has 122 valence electrons. The Bertz CT molecular complexity index is 852. The van der Waals surface area contributed by atoms with Gasteiger partial charge in [-0.2, -0.15) is 0 Å². The lowest BCUT2D eigenvalue weighted by Gasteiger charge is -2.00. The van der Waals surface area contributed by atoms with E-state index in [2.05, 4.69) is 0 Å². The van der Waals surface area contributed by atoms with Crippen LogP contribution in [0, 0.1) is 20.2 Å². The second kappa shape index (κ2) is 5.99. The maximum absolute atomic E-state index is 12.3. The zero-order chi connectivity index (χ0) is 17.4. The molecule has 1 saturated heterocycles. The Hall–Kier alpha value is -2.84. The summed E-state index contributed by atoms with van der Waals surface area (Å²) in [5, 5.41) is 22.4. The molecule has 9 heteroatoms. The van der Waals surface area contributed by atoms with Gasteiger partial charge in [-0.1, -0.05) is 11.6 Å². The number of hydrogen-bond donors (Lipinski definition) is 0. The number of carbonyl (C=O) groups is 1. The summed E-state index contributed by atoms with van der Waals surface area (Å²) >= 11 is 5.76. The second-order valence-corrected chi connectivity index (χ2v) is 5.54. The monoisotopic (exact) mass is 348 g/mol. The van der Waals surface area contributed by atoms with E-state index in [0.717, 1.165) is 12.1 Å². The van der Waals surface area contributed by atoms with Gasteiger partial charge >= 0.3 is 0 Å². The van der Waals surface area contributed by atoms with E-state index in [0.29, 0.717) is 10.6 Å². The van der Waals surface area contributed by atoms with Crippen LogP contribution in [0.5, 0.6) is 0 Å². The molecule has 1 fully saturated rings. The van der Waals surface area contributed by atoms with Gasteiger partial charge in [-0.3, -0.25) is 25.0 Å². The molecule has 1 heterocycles. The Morgan fingerprint density at radius 2 is 1.71 bits per heavy atom. The highest BCUT2D eigenvalue weighted by molar-refractivity contribution is 6.30. The van der Waals surface area contributed by atoms with Gasteiger partial charge in [0.1, 0.15) is 6.10 Å². The number of rotatable bonds is 5. The number of non-ortho nitro benzene ring substituents is 1. The smallest absolute Gasteiger partial charge is 0.282 e. The summed E-state index contributed by atoms with van der Waals surface area (Å²) in [4.78, 5) is 32.7. The SMILES string of the molecule is O=C(c1ccc(Cl)cc1)C1OC1c1ccc([N+](=O)[O-])cc1[N+](=O)[O-]. The quantitative estimate of drug-likeness (QED) is 0.353. The van der Waals surface area contributed by atoms with E-state index in [1.807, 2.05) is 0 Å². The number of benzene rings is 2. The van der Waals surface area contributed by atoms with Crippen molar-refractivity contribution in [1.29, 1.82) is 0 Å². The van der Waals surface area contributed by atoms with Gasteiger partial charge in [0.15, 0.2) is 11.9 Å². The first-order chi connectivity index (χ1) is 11.4. The molecule has 0 spiro atoms. The number of ether oxygens (including phenoxy) is 1. The number of nitrogens with zero attached hydrogens (tertiary/aromatic N) is 2. The molecular formula is C15H9ClN2O6. The van der Waals surface area contributed by atoms with Crippen molar-refractivity contribution in [3.05, 3.63) is 78.8 Å². The summed E-state index contributed by atoms with van der Waals surface area (Å²) in [6.07, 6.45) is -1.65. The van der Waals surface area contributed by atoms with Crippen molar-refractivity contribution in [1.82, 2.24) is 0 Å². The number of epoxide rings is 1. The van der Waals surface area contributed by atoms with Gasteiger partial charge in [0.05, 0.1) is 21.5 Å². The Morgan fingerprint density at radius 3 is 2.29 bits per heavy atom. The molecule has 2 aromatic rings. The van der Waals surface area contributed by atoms with Gasteiger partial charge in [0.25, 0.3) is 11.4 Å². The molecule has 2 atom stereocenters. The highest BCUT2D eigenvalue weighted by Crippen LogP contribution is 2.45. The topological polar surface area (TPSA) is 116 Å². The third-order valence-corrected chi connectivity index (χ3v) is 3.86. The Morgan fingerprint density at radius 1 is 1.04 bits per heavy atom. The lowest BCUT2D eigenvalue weighted by atomic mass is 10.0. The van der Waals surface area contributed by atoms with Crippen molar-refractivity contribution in [3.8, 4) is 0 Å². The van der Waals surface area contributed by atoms with Crippen LogP contribution in [0.4, 0.5) is 11.4 Å². The standard InChI is InChI=1S/C15H9ClN2O6/c16-9-3-1-8(2-4-9)13(19)15-14(24-15)11-6-5-10(17(20)21)7-12(11)18(22)23/h1-7,14-15H. The maximum Gasteiger partial charge on any atom is 0.282 e. The first-order valence-corrected chi connectivity index (χ1v) is 7.14. The van der Waals surface area contributed by atoms with E-state index < -0.39 is 33.4 Å². The third-order valence-electron chi connectivity index (χ3n) is 3.61. The predicted molar refractivity (Wildman–Crippen MR) is 83.1 cm³/mol. The molecule has 0 N–H and O–H groups in total. The summed E-state index contributed by atoms with van der Waals surface area (Å²) in [6.45, 7) is 0. The fourth-order valence-electron chi connectivity index (χ4n) is 2.37. The first-order valence-electron chi connectivity index (χ1n) is 6.76. The Kier molecular flexibility index (Phi) is 4.00. The van der Waals surface area contributed by atoms with Crippen LogP contribution in [-0.4, -0.2) is 21.7 Å². The maximum atomic E-state index is 12.3. The van der Waals surface area contributed by atoms with Crippen LogP contribution in [0.15, 0.2) is 42.5 Å². The molecule has 24 heavy (non-hydrogen) atoms. The van der Waals surface area contributed by atoms with Gasteiger partial charge in [-0.15, -0.1) is 0 Å². The zero-order valence-electron chi connectivity index (χ0n) is 11.9. The summed E-state index contributed by atoms with van der Waals surface area (Å²) in [6, 6.07) is 9.44. The minimum atomic E-state index is -0.855. The van der Waals surface area contributed by atoms with Crippen molar-refractivity contribution in [2.75, 3.05) is 0 Å². The van der Waals surface area contributed by atoms with Crippen molar-refractivity contribution >= 4 is 28.8 Å². The molecule has 2 aromatic carbocycles. The zero-order valence-corrected chi connectivity index (χ0v) is 12.7. The summed E-state index contributed by atoms with van der Waals surface area (Å²) < 4.78 is 5.28. The Labute approximate surface area is 139 Å². The number of hydrogen-bond acceptors (Lipinski definition) is 6. The highest BCUT2D eigenvalue weighted by atomic mass is 35.5. The van der Waals surface area contributed by atoms with E-state index in [9.17, 15) is 25.0 Å². The van der Waals surface area contributed by atoms with Gasteiger partial charge < -0.3 is 4.74 Å². The van der Waals surface area contributed by atoms with E-state index in [4.69, 9.17) is 16.3 Å². The minimum absolute atomic E-state index is 0.137. The average Bonchev–Trinajstić information content (AvgIpc) is 3.34. The fraction of sp³-hybridized carbons (Fsp3) is 0.133. The van der Waals surface area contributed by atoms with Gasteiger partial charge in [-0.25, -0.2) is 0 Å². The van der Waals surface area contributed by atoms with Crippen LogP contribution < -0.4 is 0 Å². The molecule has 0 aromatic heterocycles. The van der Waals surface area contributed by atoms with Gasteiger partial charge in [0, 0.05) is 16.7 Å². The largest absolute Gasteiger partial charge is 0.355 e. The van der Waals surface area contributed by atoms with Crippen molar-refractivity contribution in [3.63, 3.8) is 0 Å². The molecule has 8 nitrogen and oxygen atoms in total. The molecule has 2 unspecified atom stereocenters.